The van der Waals surface area contributed by atoms with Gasteiger partial charge in [0.1, 0.15) is 5.82 Å². The van der Waals surface area contributed by atoms with Gasteiger partial charge < -0.3 is 5.73 Å². The molecule has 0 radical (unpaired) electrons. The number of rotatable bonds is 3. The van der Waals surface area contributed by atoms with E-state index in [2.05, 4.69) is 18.9 Å². The van der Waals surface area contributed by atoms with Crippen molar-refractivity contribution in [3.8, 4) is 5.69 Å². The predicted octanol–water partition coefficient (Wildman–Crippen LogP) is 3.31. The van der Waals surface area contributed by atoms with Gasteiger partial charge in [-0.3, -0.25) is 0 Å². The molecule has 1 aromatic heterocycles. The number of benzene rings is 1. The zero-order valence-electron chi connectivity index (χ0n) is 10.0. The van der Waals surface area contributed by atoms with Crippen LogP contribution >= 0.6 is 11.6 Å². The van der Waals surface area contributed by atoms with Gasteiger partial charge in [0.2, 0.25) is 0 Å². The Morgan fingerprint density at radius 2 is 2.06 bits per heavy atom. The maximum Gasteiger partial charge on any atom is 0.127 e. The van der Waals surface area contributed by atoms with E-state index in [9.17, 15) is 0 Å². The second-order valence-corrected chi connectivity index (χ2v) is 4.93. The zero-order valence-corrected chi connectivity index (χ0v) is 10.8. The van der Waals surface area contributed by atoms with E-state index in [0.717, 1.165) is 17.8 Å². The minimum absolute atomic E-state index is 0.559. The number of hydrogen-bond donors (Lipinski definition) is 1. The molecule has 0 spiro atoms. The predicted molar refractivity (Wildman–Crippen MR) is 71.5 cm³/mol. The second-order valence-electron chi connectivity index (χ2n) is 4.52. The number of nitrogen functional groups attached to an aromatic ring is 1. The molecule has 0 atom stereocenters. The molecule has 1 aromatic carbocycles. The summed E-state index contributed by atoms with van der Waals surface area (Å²) in [6.45, 7) is 4.31. The smallest absolute Gasteiger partial charge is 0.127 e. The van der Waals surface area contributed by atoms with Crippen molar-refractivity contribution in [1.82, 2.24) is 9.78 Å². The van der Waals surface area contributed by atoms with E-state index in [-0.39, 0.29) is 0 Å². The SMILES string of the molecule is CC(C)Cc1cc(N)n(-c2ccccc2Cl)n1. The lowest BCUT2D eigenvalue weighted by molar-refractivity contribution is 0.628. The van der Waals surface area contributed by atoms with Crippen LogP contribution in [0.4, 0.5) is 5.82 Å². The quantitative estimate of drug-likeness (QED) is 0.907. The fourth-order valence-corrected chi connectivity index (χ4v) is 2.00. The molecule has 0 aliphatic carbocycles. The first kappa shape index (κ1) is 12.0. The monoisotopic (exact) mass is 249 g/mol. The summed E-state index contributed by atoms with van der Waals surface area (Å²) >= 11 is 6.13. The van der Waals surface area contributed by atoms with Crippen LogP contribution in [0.25, 0.3) is 5.69 Å². The van der Waals surface area contributed by atoms with E-state index in [1.165, 1.54) is 0 Å². The van der Waals surface area contributed by atoms with Gasteiger partial charge in [-0.05, 0) is 24.5 Å². The molecule has 4 heteroatoms. The molecular weight excluding hydrogens is 234 g/mol. The number of aromatic nitrogens is 2. The van der Waals surface area contributed by atoms with Crippen molar-refractivity contribution in [2.75, 3.05) is 5.73 Å². The van der Waals surface area contributed by atoms with Crippen molar-refractivity contribution in [1.29, 1.82) is 0 Å². The normalized spacial score (nSPS) is 11.1. The summed E-state index contributed by atoms with van der Waals surface area (Å²) in [5.41, 5.74) is 7.78. The summed E-state index contributed by atoms with van der Waals surface area (Å²) in [4.78, 5) is 0. The summed E-state index contributed by atoms with van der Waals surface area (Å²) in [5.74, 6) is 1.18. The Labute approximate surface area is 106 Å². The number of halogens is 1. The molecule has 0 aliphatic rings. The Balaban J connectivity index is 2.40. The van der Waals surface area contributed by atoms with E-state index >= 15 is 0 Å². The van der Waals surface area contributed by atoms with Gasteiger partial charge in [0.15, 0.2) is 0 Å². The highest BCUT2D eigenvalue weighted by atomic mass is 35.5. The summed E-state index contributed by atoms with van der Waals surface area (Å²) in [6, 6.07) is 9.46. The summed E-state index contributed by atoms with van der Waals surface area (Å²) < 4.78 is 1.69. The Hall–Kier alpha value is -1.48. The fourth-order valence-electron chi connectivity index (χ4n) is 1.78. The highest BCUT2D eigenvalue weighted by Gasteiger charge is 2.10. The van der Waals surface area contributed by atoms with E-state index in [4.69, 9.17) is 17.3 Å². The third-order valence-electron chi connectivity index (χ3n) is 2.49. The molecule has 0 amide bonds. The maximum absolute atomic E-state index is 6.13. The van der Waals surface area contributed by atoms with Crippen molar-refractivity contribution >= 4 is 17.4 Å². The van der Waals surface area contributed by atoms with Crippen molar-refractivity contribution in [3.05, 3.63) is 41.0 Å². The molecule has 3 nitrogen and oxygen atoms in total. The largest absolute Gasteiger partial charge is 0.384 e. The molecule has 2 N–H and O–H groups in total. The molecule has 2 rings (SSSR count). The van der Waals surface area contributed by atoms with Crippen molar-refractivity contribution in [2.45, 2.75) is 20.3 Å². The topological polar surface area (TPSA) is 43.8 Å². The van der Waals surface area contributed by atoms with Crippen LogP contribution < -0.4 is 5.73 Å². The molecule has 90 valence electrons. The van der Waals surface area contributed by atoms with E-state index in [0.29, 0.717) is 16.8 Å². The molecule has 0 aliphatic heterocycles. The van der Waals surface area contributed by atoms with Crippen molar-refractivity contribution < 1.29 is 0 Å². The van der Waals surface area contributed by atoms with E-state index in [1.54, 1.807) is 4.68 Å². The fraction of sp³-hybridized carbons (Fsp3) is 0.308. The Bertz CT molecular complexity index is 517. The van der Waals surface area contributed by atoms with Gasteiger partial charge in [0.05, 0.1) is 16.4 Å². The average molecular weight is 250 g/mol. The van der Waals surface area contributed by atoms with Gasteiger partial charge in [-0.1, -0.05) is 37.6 Å². The Morgan fingerprint density at radius 1 is 1.35 bits per heavy atom. The van der Waals surface area contributed by atoms with Gasteiger partial charge in [-0.15, -0.1) is 0 Å². The van der Waals surface area contributed by atoms with Crippen molar-refractivity contribution in [2.24, 2.45) is 5.92 Å². The zero-order chi connectivity index (χ0) is 12.4. The molecule has 0 saturated carbocycles. The van der Waals surface area contributed by atoms with Crippen LogP contribution in [-0.4, -0.2) is 9.78 Å². The second kappa shape index (κ2) is 4.80. The van der Waals surface area contributed by atoms with Gasteiger partial charge in [-0.25, -0.2) is 4.68 Å². The van der Waals surface area contributed by atoms with Crippen LogP contribution in [-0.2, 0) is 6.42 Å². The number of anilines is 1. The molecular formula is C13H16ClN3. The van der Waals surface area contributed by atoms with Crippen LogP contribution in [0.15, 0.2) is 30.3 Å². The number of nitrogens with zero attached hydrogens (tertiary/aromatic N) is 2. The average Bonchev–Trinajstić information content (AvgIpc) is 2.59. The van der Waals surface area contributed by atoms with Gasteiger partial charge in [0, 0.05) is 6.07 Å². The minimum Gasteiger partial charge on any atom is -0.384 e. The maximum atomic E-state index is 6.13. The lowest BCUT2D eigenvalue weighted by Gasteiger charge is -2.05. The van der Waals surface area contributed by atoms with Gasteiger partial charge in [-0.2, -0.15) is 5.10 Å². The molecule has 0 unspecified atom stereocenters. The lowest BCUT2D eigenvalue weighted by Crippen LogP contribution is -2.03. The molecule has 0 bridgehead atoms. The molecule has 17 heavy (non-hydrogen) atoms. The highest BCUT2D eigenvalue weighted by molar-refractivity contribution is 6.32. The number of nitrogens with two attached hydrogens (primary N) is 1. The van der Waals surface area contributed by atoms with Crippen LogP contribution in [0.2, 0.25) is 5.02 Å². The molecule has 0 saturated heterocycles. The van der Waals surface area contributed by atoms with E-state index in [1.807, 2.05) is 30.3 Å². The molecule has 1 heterocycles. The first-order chi connectivity index (χ1) is 8.08. The third-order valence-corrected chi connectivity index (χ3v) is 2.81. The Kier molecular flexibility index (Phi) is 3.38. The third kappa shape index (κ3) is 2.61. The first-order valence-corrected chi connectivity index (χ1v) is 6.05. The van der Waals surface area contributed by atoms with Crippen LogP contribution in [0.1, 0.15) is 19.5 Å². The lowest BCUT2D eigenvalue weighted by atomic mass is 10.1. The summed E-state index contributed by atoms with van der Waals surface area (Å²) in [5, 5.41) is 5.14. The molecule has 0 fully saturated rings. The van der Waals surface area contributed by atoms with Crippen LogP contribution in [0.3, 0.4) is 0 Å². The minimum atomic E-state index is 0.559. The summed E-state index contributed by atoms with van der Waals surface area (Å²) in [7, 11) is 0. The number of hydrogen-bond acceptors (Lipinski definition) is 2. The van der Waals surface area contributed by atoms with E-state index < -0.39 is 0 Å². The van der Waals surface area contributed by atoms with Crippen LogP contribution in [0.5, 0.6) is 0 Å². The first-order valence-electron chi connectivity index (χ1n) is 5.67. The van der Waals surface area contributed by atoms with Crippen LogP contribution in [0, 0.1) is 5.92 Å². The highest BCUT2D eigenvalue weighted by Crippen LogP contribution is 2.23. The number of para-hydroxylation sites is 1. The standard InChI is InChI=1S/C13H16ClN3/c1-9(2)7-10-8-13(15)17(16-10)12-6-4-3-5-11(12)14/h3-6,8-9H,7,15H2,1-2H3. The molecule has 2 aromatic rings. The Morgan fingerprint density at radius 3 is 2.71 bits per heavy atom. The van der Waals surface area contributed by atoms with Crippen molar-refractivity contribution in [3.63, 3.8) is 0 Å². The van der Waals surface area contributed by atoms with Gasteiger partial charge in [0.25, 0.3) is 0 Å². The van der Waals surface area contributed by atoms with Gasteiger partial charge >= 0.3 is 0 Å². The summed E-state index contributed by atoms with van der Waals surface area (Å²) in [6.07, 6.45) is 0.918.